The summed E-state index contributed by atoms with van der Waals surface area (Å²) in [5.74, 6) is -2.76. The van der Waals surface area contributed by atoms with Crippen LogP contribution in [0.3, 0.4) is 0 Å². The first-order valence-corrected chi connectivity index (χ1v) is 1.24. The van der Waals surface area contributed by atoms with Crippen molar-refractivity contribution in [2.75, 3.05) is 0 Å². The predicted molar refractivity (Wildman–Crippen MR) is 13.7 cm³/mol. The van der Waals surface area contributed by atoms with E-state index in [4.69, 9.17) is 9.90 Å². The number of carbonyl (C=O) groups is 1. The van der Waals surface area contributed by atoms with Crippen LogP contribution in [0.5, 0.6) is 0 Å². The monoisotopic (exact) mass is 220 g/mol. The maximum atomic E-state index is 10.6. The van der Waals surface area contributed by atoms with E-state index in [1.165, 1.54) is 0 Å². The number of carboxylic acid groups (broad SMARTS) is 1. The van der Waals surface area contributed by atoms with Crippen LogP contribution >= 0.6 is 0 Å². The van der Waals surface area contributed by atoms with Crippen LogP contribution in [0.4, 0.5) is 13.2 Å². The number of hydrogen-bond donors (Lipinski definition) is 1. The van der Waals surface area contributed by atoms with Gasteiger partial charge in [0.2, 0.25) is 0 Å². The minimum atomic E-state index is -5.08. The van der Waals surface area contributed by atoms with Gasteiger partial charge in [-0.3, -0.25) is 0 Å². The Morgan fingerprint density at radius 1 is 1.38 bits per heavy atom. The summed E-state index contributed by atoms with van der Waals surface area (Å²) in [5.41, 5.74) is 0. The van der Waals surface area contributed by atoms with Crippen LogP contribution in [-0.2, 0) is 25.2 Å². The Labute approximate surface area is 56.3 Å². The number of hydrogen-bond acceptors (Lipinski definition) is 1. The molecule has 0 unspecified atom stereocenters. The van der Waals surface area contributed by atoms with Crippen LogP contribution in [0.1, 0.15) is 0 Å². The molecule has 0 aromatic rings. The van der Waals surface area contributed by atoms with Gasteiger partial charge < -0.3 is 5.11 Å². The second kappa shape index (κ2) is 3.05. The van der Waals surface area contributed by atoms with Crippen LogP contribution in [0.25, 0.3) is 0 Å². The molecule has 1 N–H and O–H groups in total. The zero-order chi connectivity index (χ0) is 6.08. The van der Waals surface area contributed by atoms with Gasteiger partial charge in [0.1, 0.15) is 0 Å². The number of halogens is 3. The van der Waals surface area contributed by atoms with E-state index in [1.54, 1.807) is 0 Å². The van der Waals surface area contributed by atoms with Gasteiger partial charge in [-0.15, -0.1) is 0 Å². The molecule has 0 heterocycles. The molecule has 8 heavy (non-hydrogen) atoms. The average molecular weight is 220 g/mol. The normalized spacial score (nSPS) is 9.88. The number of rotatable bonds is 0. The van der Waals surface area contributed by atoms with Crippen LogP contribution in [0.15, 0.2) is 0 Å². The van der Waals surface area contributed by atoms with Crippen LogP contribution < -0.4 is 0 Å². The molecule has 0 rings (SSSR count). The Bertz CT molecular complexity index is 87.8. The van der Waals surface area contributed by atoms with E-state index in [2.05, 4.69) is 0 Å². The van der Waals surface area contributed by atoms with Gasteiger partial charge in [-0.25, -0.2) is 4.79 Å². The van der Waals surface area contributed by atoms with Gasteiger partial charge in [-0.05, 0) is 0 Å². The molecule has 0 saturated carbocycles. The summed E-state index contributed by atoms with van der Waals surface area (Å²) < 4.78 is 31.7. The van der Waals surface area contributed by atoms with E-state index in [9.17, 15) is 13.2 Å². The van der Waals surface area contributed by atoms with E-state index in [1.807, 2.05) is 0 Å². The maximum Gasteiger partial charge on any atom is 0.490 e. The standard InChI is InChI=1S/C2HF3O2.Pd/c3-2(4,5)1(6)7;/h(H,6,7);. The number of aliphatic carboxylic acids is 1. The van der Waals surface area contributed by atoms with Crippen LogP contribution in [0.2, 0.25) is 0 Å². The van der Waals surface area contributed by atoms with Gasteiger partial charge in [0.25, 0.3) is 0 Å². The summed E-state index contributed by atoms with van der Waals surface area (Å²) in [6, 6.07) is 0. The van der Waals surface area contributed by atoms with Crippen molar-refractivity contribution >= 4 is 5.97 Å². The summed E-state index contributed by atoms with van der Waals surface area (Å²) in [7, 11) is 0. The van der Waals surface area contributed by atoms with Crippen LogP contribution in [0, 0.1) is 0 Å². The first kappa shape index (κ1) is 10.8. The summed E-state index contributed by atoms with van der Waals surface area (Å²) in [6.07, 6.45) is -5.08. The molecule has 0 fully saturated rings. The van der Waals surface area contributed by atoms with E-state index in [-0.39, 0.29) is 20.4 Å². The summed E-state index contributed by atoms with van der Waals surface area (Å²) >= 11 is 0. The summed E-state index contributed by atoms with van der Waals surface area (Å²) in [4.78, 5) is 8.90. The van der Waals surface area contributed by atoms with Gasteiger partial charge in [0.05, 0.1) is 0 Å². The Morgan fingerprint density at radius 2 is 1.50 bits per heavy atom. The molecule has 2 nitrogen and oxygen atoms in total. The van der Waals surface area contributed by atoms with Crippen molar-refractivity contribution < 1.29 is 43.5 Å². The van der Waals surface area contributed by atoms with Gasteiger partial charge >= 0.3 is 12.1 Å². The minimum absolute atomic E-state index is 0. The fourth-order valence-corrected chi connectivity index (χ4v) is 0. The summed E-state index contributed by atoms with van der Waals surface area (Å²) in [6.45, 7) is 0. The van der Waals surface area contributed by atoms with Crippen molar-refractivity contribution in [3.63, 3.8) is 0 Å². The van der Waals surface area contributed by atoms with E-state index < -0.39 is 12.1 Å². The molecule has 0 aliphatic carbocycles. The third kappa shape index (κ3) is 4.09. The van der Waals surface area contributed by atoms with E-state index in [0.29, 0.717) is 0 Å². The summed E-state index contributed by atoms with van der Waals surface area (Å²) in [5, 5.41) is 7.12. The molecule has 0 aromatic carbocycles. The maximum absolute atomic E-state index is 10.6. The van der Waals surface area contributed by atoms with E-state index in [0.717, 1.165) is 0 Å². The van der Waals surface area contributed by atoms with Crippen molar-refractivity contribution in [3.05, 3.63) is 0 Å². The number of carboxylic acids is 1. The fourth-order valence-electron chi connectivity index (χ4n) is 0. The Kier molecular flexibility index (Phi) is 4.13. The van der Waals surface area contributed by atoms with E-state index >= 15 is 0 Å². The minimum Gasteiger partial charge on any atom is -0.475 e. The quantitative estimate of drug-likeness (QED) is 0.608. The third-order valence-electron chi connectivity index (χ3n) is 0.243. The zero-order valence-corrected chi connectivity index (χ0v) is 4.86. The molecule has 0 bridgehead atoms. The third-order valence-corrected chi connectivity index (χ3v) is 0.243. The molecule has 0 amide bonds. The fraction of sp³-hybridized carbons (Fsp3) is 0.500. The molecule has 0 saturated heterocycles. The molecule has 0 aromatic heterocycles. The zero-order valence-electron chi connectivity index (χ0n) is 3.31. The Morgan fingerprint density at radius 3 is 1.50 bits per heavy atom. The van der Waals surface area contributed by atoms with Crippen molar-refractivity contribution in [1.29, 1.82) is 0 Å². The van der Waals surface area contributed by atoms with Gasteiger partial charge in [0, 0.05) is 20.4 Å². The van der Waals surface area contributed by atoms with Crippen molar-refractivity contribution in [2.45, 2.75) is 6.18 Å². The molecule has 0 aliphatic rings. The van der Waals surface area contributed by atoms with Crippen LogP contribution in [-0.4, -0.2) is 17.3 Å². The van der Waals surface area contributed by atoms with Gasteiger partial charge in [-0.1, -0.05) is 0 Å². The molecule has 0 radical (unpaired) electrons. The largest absolute Gasteiger partial charge is 0.490 e. The molecule has 0 spiro atoms. The molecular formula is C2HF3O2Pd. The SMILES string of the molecule is O=C(O)C(F)(F)F.[Pd]. The van der Waals surface area contributed by atoms with Gasteiger partial charge in [-0.2, -0.15) is 13.2 Å². The first-order valence-electron chi connectivity index (χ1n) is 1.24. The van der Waals surface area contributed by atoms with Gasteiger partial charge in [0.15, 0.2) is 0 Å². The average Bonchev–Trinajstić information content (AvgIpc) is 1.31. The topological polar surface area (TPSA) is 37.3 Å². The second-order valence-corrected chi connectivity index (χ2v) is 0.803. The molecular weight excluding hydrogens is 219 g/mol. The second-order valence-electron chi connectivity index (χ2n) is 0.803. The molecule has 0 atom stereocenters. The molecule has 6 heteroatoms. The van der Waals surface area contributed by atoms with Crippen molar-refractivity contribution in [1.82, 2.24) is 0 Å². The first-order chi connectivity index (χ1) is 2.94. The molecule has 52 valence electrons. The Hall–Kier alpha value is -0.0777. The van der Waals surface area contributed by atoms with Crippen molar-refractivity contribution in [3.8, 4) is 0 Å². The smallest absolute Gasteiger partial charge is 0.475 e. The Balaban J connectivity index is 0. The molecule has 0 aliphatic heterocycles. The number of alkyl halides is 3. The van der Waals surface area contributed by atoms with Crippen molar-refractivity contribution in [2.24, 2.45) is 0 Å². The predicted octanol–water partition coefficient (Wildman–Crippen LogP) is 0.631.